The van der Waals surface area contributed by atoms with Crippen LogP contribution in [0.3, 0.4) is 0 Å². The van der Waals surface area contributed by atoms with Crippen LogP contribution in [0, 0.1) is 11.8 Å². The smallest absolute Gasteiger partial charge is 0.00747 e. The molecular weight excluding hydrogens is 134 g/mol. The van der Waals surface area contributed by atoms with E-state index in [1.807, 2.05) is 0 Å². The van der Waals surface area contributed by atoms with E-state index < -0.39 is 0 Å². The molecule has 0 radical (unpaired) electrons. The molecule has 0 aromatic heterocycles. The minimum atomic E-state index is 0.824. The van der Waals surface area contributed by atoms with Crippen molar-refractivity contribution in [3.63, 3.8) is 0 Å². The molecule has 11 heavy (non-hydrogen) atoms. The van der Waals surface area contributed by atoms with Crippen molar-refractivity contribution in [2.24, 2.45) is 17.6 Å². The summed E-state index contributed by atoms with van der Waals surface area (Å²) in [5.41, 5.74) is 5.49. The zero-order chi connectivity index (χ0) is 8.69. The molecule has 0 saturated heterocycles. The van der Waals surface area contributed by atoms with Crippen LogP contribution in [0.4, 0.5) is 0 Å². The first-order valence-electron chi connectivity index (χ1n) is 4.94. The van der Waals surface area contributed by atoms with Crippen molar-refractivity contribution in [2.75, 3.05) is 6.54 Å². The molecule has 0 unspecified atom stereocenters. The van der Waals surface area contributed by atoms with Gasteiger partial charge >= 0.3 is 0 Å². The average molecular weight is 157 g/mol. The molecule has 0 fully saturated rings. The molecule has 0 amide bonds. The molecule has 0 saturated carbocycles. The van der Waals surface area contributed by atoms with Gasteiger partial charge in [-0.15, -0.1) is 0 Å². The lowest BCUT2D eigenvalue weighted by atomic mass is 9.90. The van der Waals surface area contributed by atoms with Crippen molar-refractivity contribution in [3.8, 4) is 0 Å². The Kier molecular flexibility index (Phi) is 6.63. The van der Waals surface area contributed by atoms with E-state index >= 15 is 0 Å². The molecule has 0 aromatic rings. The van der Waals surface area contributed by atoms with Crippen LogP contribution < -0.4 is 5.73 Å². The van der Waals surface area contributed by atoms with E-state index in [0.717, 1.165) is 18.4 Å². The van der Waals surface area contributed by atoms with E-state index in [2.05, 4.69) is 20.8 Å². The summed E-state index contributed by atoms with van der Waals surface area (Å²) in [6.45, 7) is 7.72. The molecule has 0 rings (SSSR count). The van der Waals surface area contributed by atoms with Gasteiger partial charge in [0.2, 0.25) is 0 Å². The molecule has 0 bridgehead atoms. The van der Waals surface area contributed by atoms with Crippen LogP contribution in [0.15, 0.2) is 0 Å². The van der Waals surface area contributed by atoms with Crippen LogP contribution in [-0.2, 0) is 0 Å². The highest BCUT2D eigenvalue weighted by atomic mass is 14.5. The highest BCUT2D eigenvalue weighted by Crippen LogP contribution is 2.20. The first kappa shape index (κ1) is 11.0. The zero-order valence-electron chi connectivity index (χ0n) is 8.27. The third kappa shape index (κ3) is 5.25. The predicted molar refractivity (Wildman–Crippen MR) is 51.5 cm³/mol. The number of nitrogens with two attached hydrogens (primary N) is 1. The summed E-state index contributed by atoms with van der Waals surface area (Å²) in [6.07, 6.45) is 5.21. The third-order valence-electron chi connectivity index (χ3n) is 2.55. The van der Waals surface area contributed by atoms with Crippen molar-refractivity contribution in [3.05, 3.63) is 0 Å². The molecule has 0 aromatic carbocycles. The van der Waals surface area contributed by atoms with Crippen molar-refractivity contribution in [1.82, 2.24) is 0 Å². The second-order valence-corrected chi connectivity index (χ2v) is 3.60. The Morgan fingerprint density at radius 1 is 1.18 bits per heavy atom. The zero-order valence-corrected chi connectivity index (χ0v) is 8.27. The summed E-state index contributed by atoms with van der Waals surface area (Å²) in [4.78, 5) is 0. The minimum Gasteiger partial charge on any atom is -0.330 e. The van der Waals surface area contributed by atoms with E-state index in [-0.39, 0.29) is 0 Å². The molecule has 0 heterocycles. The SMILES string of the molecule is CCC(CC)C[C@@H](C)CCN. The molecule has 0 aliphatic rings. The Hall–Kier alpha value is -0.0400. The van der Waals surface area contributed by atoms with Crippen LogP contribution in [0.2, 0.25) is 0 Å². The maximum Gasteiger partial charge on any atom is -0.00747 e. The lowest BCUT2D eigenvalue weighted by molar-refractivity contribution is 0.359. The molecule has 68 valence electrons. The number of rotatable bonds is 6. The van der Waals surface area contributed by atoms with Gasteiger partial charge in [-0.2, -0.15) is 0 Å². The van der Waals surface area contributed by atoms with Gasteiger partial charge in [0.05, 0.1) is 0 Å². The average Bonchev–Trinajstić information content (AvgIpc) is 2.01. The third-order valence-corrected chi connectivity index (χ3v) is 2.55. The van der Waals surface area contributed by atoms with Crippen molar-refractivity contribution < 1.29 is 0 Å². The lowest BCUT2D eigenvalue weighted by Gasteiger charge is -2.17. The Bertz CT molecular complexity index is 76.9. The molecule has 0 spiro atoms. The standard InChI is InChI=1S/C10H23N/c1-4-10(5-2)8-9(3)6-7-11/h9-10H,4-8,11H2,1-3H3/t9-/m0/s1. The molecular formula is C10H23N. The maximum absolute atomic E-state index is 5.49. The van der Waals surface area contributed by atoms with E-state index in [1.165, 1.54) is 25.7 Å². The summed E-state index contributed by atoms with van der Waals surface area (Å²) in [5.74, 6) is 1.75. The maximum atomic E-state index is 5.49. The Balaban J connectivity index is 3.44. The van der Waals surface area contributed by atoms with Crippen LogP contribution in [0.25, 0.3) is 0 Å². The van der Waals surface area contributed by atoms with Crippen LogP contribution in [0.5, 0.6) is 0 Å². The van der Waals surface area contributed by atoms with Gasteiger partial charge in [-0.25, -0.2) is 0 Å². The summed E-state index contributed by atoms with van der Waals surface area (Å²) >= 11 is 0. The van der Waals surface area contributed by atoms with E-state index in [9.17, 15) is 0 Å². The van der Waals surface area contributed by atoms with Gasteiger partial charge in [-0.3, -0.25) is 0 Å². The summed E-state index contributed by atoms with van der Waals surface area (Å²) in [5, 5.41) is 0. The monoisotopic (exact) mass is 157 g/mol. The molecule has 0 aliphatic carbocycles. The number of hydrogen-bond acceptors (Lipinski definition) is 1. The van der Waals surface area contributed by atoms with Crippen LogP contribution in [-0.4, -0.2) is 6.54 Å². The fourth-order valence-electron chi connectivity index (χ4n) is 1.59. The number of hydrogen-bond donors (Lipinski definition) is 1. The first-order valence-corrected chi connectivity index (χ1v) is 4.94. The normalized spacial score (nSPS) is 13.9. The Morgan fingerprint density at radius 2 is 1.73 bits per heavy atom. The van der Waals surface area contributed by atoms with Gasteiger partial charge in [-0.1, -0.05) is 33.6 Å². The predicted octanol–water partition coefficient (Wildman–Crippen LogP) is 2.80. The first-order chi connectivity index (χ1) is 5.24. The highest BCUT2D eigenvalue weighted by molar-refractivity contribution is 4.61. The lowest BCUT2D eigenvalue weighted by Crippen LogP contribution is -2.10. The van der Waals surface area contributed by atoms with Crippen LogP contribution >= 0.6 is 0 Å². The Morgan fingerprint density at radius 3 is 2.09 bits per heavy atom. The molecule has 1 nitrogen and oxygen atoms in total. The fourth-order valence-corrected chi connectivity index (χ4v) is 1.59. The van der Waals surface area contributed by atoms with Crippen molar-refractivity contribution in [1.29, 1.82) is 0 Å². The van der Waals surface area contributed by atoms with Crippen LogP contribution in [0.1, 0.15) is 46.5 Å². The largest absolute Gasteiger partial charge is 0.330 e. The van der Waals surface area contributed by atoms with Crippen molar-refractivity contribution in [2.45, 2.75) is 46.5 Å². The van der Waals surface area contributed by atoms with Gasteiger partial charge in [0.15, 0.2) is 0 Å². The highest BCUT2D eigenvalue weighted by Gasteiger charge is 2.08. The minimum absolute atomic E-state index is 0.824. The van der Waals surface area contributed by atoms with E-state index in [0.29, 0.717) is 0 Å². The molecule has 2 N–H and O–H groups in total. The van der Waals surface area contributed by atoms with Crippen molar-refractivity contribution >= 4 is 0 Å². The van der Waals surface area contributed by atoms with E-state index in [4.69, 9.17) is 5.73 Å². The van der Waals surface area contributed by atoms with Gasteiger partial charge in [0.1, 0.15) is 0 Å². The van der Waals surface area contributed by atoms with Gasteiger partial charge < -0.3 is 5.73 Å². The molecule has 1 heteroatoms. The topological polar surface area (TPSA) is 26.0 Å². The summed E-state index contributed by atoms with van der Waals surface area (Å²) < 4.78 is 0. The fraction of sp³-hybridized carbons (Fsp3) is 1.00. The quantitative estimate of drug-likeness (QED) is 0.630. The van der Waals surface area contributed by atoms with E-state index in [1.54, 1.807) is 0 Å². The van der Waals surface area contributed by atoms with Gasteiger partial charge in [0, 0.05) is 0 Å². The van der Waals surface area contributed by atoms with Gasteiger partial charge in [0.25, 0.3) is 0 Å². The second-order valence-electron chi connectivity index (χ2n) is 3.60. The molecule has 0 aliphatic heterocycles. The second kappa shape index (κ2) is 6.66. The summed E-state index contributed by atoms with van der Waals surface area (Å²) in [6, 6.07) is 0. The van der Waals surface area contributed by atoms with Gasteiger partial charge in [-0.05, 0) is 31.2 Å². The Labute approximate surface area is 71.4 Å². The summed E-state index contributed by atoms with van der Waals surface area (Å²) in [7, 11) is 0. The molecule has 1 atom stereocenters.